The average Bonchev–Trinajstić information content (AvgIpc) is 2.97. The first-order valence-electron chi connectivity index (χ1n) is 6.35. The van der Waals surface area contributed by atoms with E-state index >= 15 is 0 Å². The van der Waals surface area contributed by atoms with Crippen molar-refractivity contribution in [2.75, 3.05) is 0 Å². The number of Topliss-reactive ketones (excluding diaryl/α,β-unsaturated/α-hetero) is 1. The molecule has 1 saturated carbocycles. The van der Waals surface area contributed by atoms with Crippen LogP contribution in [0.5, 0.6) is 0 Å². The van der Waals surface area contributed by atoms with E-state index in [1.807, 2.05) is 0 Å². The van der Waals surface area contributed by atoms with Gasteiger partial charge in [-0.2, -0.15) is 0 Å². The highest BCUT2D eigenvalue weighted by Crippen LogP contribution is 2.34. The predicted octanol–water partition coefficient (Wildman–Crippen LogP) is 2.90. The first kappa shape index (κ1) is 12.7. The molecule has 88 valence electrons. The average molecular weight is 211 g/mol. The minimum atomic E-state index is -0.226. The molecule has 15 heavy (non-hydrogen) atoms. The van der Waals surface area contributed by atoms with Crippen molar-refractivity contribution >= 4 is 5.78 Å². The van der Waals surface area contributed by atoms with Crippen LogP contribution in [-0.2, 0) is 4.79 Å². The Morgan fingerprint density at radius 2 is 2.00 bits per heavy atom. The van der Waals surface area contributed by atoms with Crippen molar-refractivity contribution in [2.24, 2.45) is 17.6 Å². The maximum atomic E-state index is 10.9. The highest BCUT2D eigenvalue weighted by molar-refractivity contribution is 5.80. The summed E-state index contributed by atoms with van der Waals surface area (Å²) in [6.07, 6.45) is 8.98. The fraction of sp³-hybridized carbons (Fsp3) is 0.923. The second-order valence-corrected chi connectivity index (χ2v) is 5.27. The first-order valence-corrected chi connectivity index (χ1v) is 6.35. The van der Waals surface area contributed by atoms with E-state index in [-0.39, 0.29) is 11.8 Å². The summed E-state index contributed by atoms with van der Waals surface area (Å²) in [5.74, 6) is 1.91. The van der Waals surface area contributed by atoms with E-state index in [1.54, 1.807) is 6.92 Å². The molecule has 0 amide bonds. The van der Waals surface area contributed by atoms with Gasteiger partial charge in [-0.05, 0) is 31.6 Å². The molecule has 0 aromatic rings. The number of rotatable bonds is 8. The zero-order valence-electron chi connectivity index (χ0n) is 10.2. The van der Waals surface area contributed by atoms with E-state index in [2.05, 4.69) is 6.92 Å². The summed E-state index contributed by atoms with van der Waals surface area (Å²) in [4.78, 5) is 10.9. The molecule has 2 atom stereocenters. The fourth-order valence-electron chi connectivity index (χ4n) is 1.97. The van der Waals surface area contributed by atoms with Crippen LogP contribution in [0.3, 0.4) is 0 Å². The van der Waals surface area contributed by atoms with E-state index in [0.29, 0.717) is 0 Å². The van der Waals surface area contributed by atoms with Crippen molar-refractivity contribution in [3.8, 4) is 0 Å². The molecule has 0 aromatic carbocycles. The van der Waals surface area contributed by atoms with Crippen LogP contribution in [-0.4, -0.2) is 11.8 Å². The molecule has 1 rings (SSSR count). The lowest BCUT2D eigenvalue weighted by molar-refractivity contribution is -0.118. The Bertz CT molecular complexity index is 199. The molecular formula is C13H25NO. The lowest BCUT2D eigenvalue weighted by Crippen LogP contribution is -2.28. The SMILES string of the molecule is CC(=O)[C@@H](N)CC[C@@H](C)CCCC1CC1. The van der Waals surface area contributed by atoms with Gasteiger partial charge in [-0.3, -0.25) is 4.79 Å². The molecule has 1 fully saturated rings. The zero-order chi connectivity index (χ0) is 11.3. The molecule has 0 spiro atoms. The standard InChI is InChI=1S/C13H25NO/c1-10(4-3-5-12-7-8-12)6-9-13(14)11(2)15/h10,12-13H,3-9,14H2,1-2H3/t10-,13-/m0/s1. The normalized spacial score (nSPS) is 19.9. The summed E-state index contributed by atoms with van der Waals surface area (Å²) < 4.78 is 0. The highest BCUT2D eigenvalue weighted by atomic mass is 16.1. The van der Waals surface area contributed by atoms with Gasteiger partial charge in [-0.1, -0.05) is 39.0 Å². The Labute approximate surface area is 93.6 Å². The van der Waals surface area contributed by atoms with Crippen molar-refractivity contribution in [3.63, 3.8) is 0 Å². The molecule has 0 saturated heterocycles. The van der Waals surface area contributed by atoms with Gasteiger partial charge in [-0.25, -0.2) is 0 Å². The van der Waals surface area contributed by atoms with E-state index in [9.17, 15) is 4.79 Å². The first-order chi connectivity index (χ1) is 7.09. The number of carbonyl (C=O) groups is 1. The molecule has 1 aliphatic carbocycles. The van der Waals surface area contributed by atoms with Crippen LogP contribution in [0.2, 0.25) is 0 Å². The van der Waals surface area contributed by atoms with Gasteiger partial charge >= 0.3 is 0 Å². The van der Waals surface area contributed by atoms with Crippen molar-refractivity contribution in [1.29, 1.82) is 0 Å². The Kier molecular flexibility index (Phi) is 5.30. The van der Waals surface area contributed by atoms with Crippen LogP contribution >= 0.6 is 0 Å². The van der Waals surface area contributed by atoms with E-state index in [0.717, 1.165) is 24.7 Å². The van der Waals surface area contributed by atoms with Crippen molar-refractivity contribution in [2.45, 2.75) is 64.8 Å². The molecule has 0 heterocycles. The Morgan fingerprint density at radius 1 is 1.33 bits per heavy atom. The molecule has 1 aliphatic rings. The zero-order valence-corrected chi connectivity index (χ0v) is 10.2. The largest absolute Gasteiger partial charge is 0.322 e. The number of carbonyl (C=O) groups excluding carboxylic acids is 1. The van der Waals surface area contributed by atoms with Gasteiger partial charge in [0.15, 0.2) is 0 Å². The molecule has 0 unspecified atom stereocenters. The van der Waals surface area contributed by atoms with Gasteiger partial charge < -0.3 is 5.73 Å². The molecule has 2 heteroatoms. The van der Waals surface area contributed by atoms with E-state index < -0.39 is 0 Å². The minimum Gasteiger partial charge on any atom is -0.322 e. The third kappa shape index (κ3) is 5.93. The van der Waals surface area contributed by atoms with Gasteiger partial charge in [0.1, 0.15) is 5.78 Å². The lowest BCUT2D eigenvalue weighted by Gasteiger charge is -2.13. The third-order valence-corrected chi connectivity index (χ3v) is 3.50. The maximum Gasteiger partial charge on any atom is 0.146 e. The van der Waals surface area contributed by atoms with E-state index in [1.165, 1.54) is 32.1 Å². The molecule has 2 nitrogen and oxygen atoms in total. The van der Waals surface area contributed by atoms with Crippen molar-refractivity contribution in [1.82, 2.24) is 0 Å². The van der Waals surface area contributed by atoms with Gasteiger partial charge in [0.25, 0.3) is 0 Å². The minimum absolute atomic E-state index is 0.125. The predicted molar refractivity (Wildman–Crippen MR) is 63.6 cm³/mol. The van der Waals surface area contributed by atoms with Crippen molar-refractivity contribution in [3.05, 3.63) is 0 Å². The summed E-state index contributed by atoms with van der Waals surface area (Å²) in [5.41, 5.74) is 5.70. The second kappa shape index (κ2) is 6.26. The summed E-state index contributed by atoms with van der Waals surface area (Å²) in [6.45, 7) is 3.86. The van der Waals surface area contributed by atoms with Crippen LogP contribution in [0.4, 0.5) is 0 Å². The molecular weight excluding hydrogens is 186 g/mol. The van der Waals surface area contributed by atoms with Crippen molar-refractivity contribution < 1.29 is 4.79 Å². The number of hydrogen-bond acceptors (Lipinski definition) is 2. The second-order valence-electron chi connectivity index (χ2n) is 5.27. The quantitative estimate of drug-likeness (QED) is 0.671. The van der Waals surface area contributed by atoms with Gasteiger partial charge in [-0.15, -0.1) is 0 Å². The Hall–Kier alpha value is -0.370. The lowest BCUT2D eigenvalue weighted by atomic mass is 9.95. The monoisotopic (exact) mass is 211 g/mol. The topological polar surface area (TPSA) is 43.1 Å². The fourth-order valence-corrected chi connectivity index (χ4v) is 1.97. The van der Waals surface area contributed by atoms with Gasteiger partial charge in [0, 0.05) is 0 Å². The highest BCUT2D eigenvalue weighted by Gasteiger charge is 2.20. The number of hydrogen-bond donors (Lipinski definition) is 1. The Morgan fingerprint density at radius 3 is 2.53 bits per heavy atom. The smallest absolute Gasteiger partial charge is 0.146 e. The molecule has 0 aliphatic heterocycles. The molecule has 0 bridgehead atoms. The molecule has 2 N–H and O–H groups in total. The molecule has 0 aromatic heterocycles. The summed E-state index contributed by atoms with van der Waals surface area (Å²) >= 11 is 0. The summed E-state index contributed by atoms with van der Waals surface area (Å²) in [6, 6.07) is -0.226. The number of nitrogens with two attached hydrogens (primary N) is 1. The third-order valence-electron chi connectivity index (χ3n) is 3.50. The van der Waals surface area contributed by atoms with Gasteiger partial charge in [0.05, 0.1) is 6.04 Å². The van der Waals surface area contributed by atoms with Crippen LogP contribution in [0, 0.1) is 11.8 Å². The maximum absolute atomic E-state index is 10.9. The molecule has 0 radical (unpaired) electrons. The summed E-state index contributed by atoms with van der Waals surface area (Å²) in [5, 5.41) is 0. The van der Waals surface area contributed by atoms with Crippen LogP contribution in [0.1, 0.15) is 58.8 Å². The Balaban J connectivity index is 1.96. The number of ketones is 1. The summed E-state index contributed by atoms with van der Waals surface area (Å²) in [7, 11) is 0. The van der Waals surface area contributed by atoms with Crippen LogP contribution in [0.25, 0.3) is 0 Å². The van der Waals surface area contributed by atoms with Gasteiger partial charge in [0.2, 0.25) is 0 Å². The van der Waals surface area contributed by atoms with Crippen LogP contribution < -0.4 is 5.73 Å². The van der Waals surface area contributed by atoms with Crippen LogP contribution in [0.15, 0.2) is 0 Å². The van der Waals surface area contributed by atoms with E-state index in [4.69, 9.17) is 5.73 Å².